The number of hydrogen-bond donors (Lipinski definition) is 4. The third-order valence-corrected chi connectivity index (χ3v) is 6.07. The van der Waals surface area contributed by atoms with E-state index in [9.17, 15) is 15.4 Å². The van der Waals surface area contributed by atoms with Crippen molar-refractivity contribution in [2.24, 2.45) is 0 Å². The number of methoxy groups -OCH3 is 1. The Balaban J connectivity index is 1.63. The largest absolute Gasteiger partial charge is 0.492 e. The third kappa shape index (κ3) is 4.44. The van der Waals surface area contributed by atoms with Crippen LogP contribution in [0.4, 0.5) is 5.69 Å². The van der Waals surface area contributed by atoms with Crippen LogP contribution in [0, 0.1) is 0 Å². The lowest BCUT2D eigenvalue weighted by Crippen LogP contribution is -2.39. The summed E-state index contributed by atoms with van der Waals surface area (Å²) in [6.45, 7) is 4.23. The Morgan fingerprint density at radius 3 is 2.75 bits per heavy atom. The first-order chi connectivity index (χ1) is 15.3. The number of ether oxygens (including phenoxy) is 2. The Labute approximate surface area is 186 Å². The molecule has 172 valence electrons. The van der Waals surface area contributed by atoms with E-state index in [1.165, 1.54) is 7.11 Å². The quantitative estimate of drug-likeness (QED) is 0.252. The predicted molar refractivity (Wildman–Crippen MR) is 118 cm³/mol. The Hall–Kier alpha value is -3.04. The fraction of sp³-hybridized carbons (Fsp3) is 0.478. The van der Waals surface area contributed by atoms with Crippen molar-refractivity contribution in [3.8, 4) is 11.6 Å². The lowest BCUT2D eigenvalue weighted by molar-refractivity contribution is -0.912. The van der Waals surface area contributed by atoms with Gasteiger partial charge >= 0.3 is 5.88 Å². The highest BCUT2D eigenvalue weighted by Gasteiger charge is 2.30. The zero-order valence-electron chi connectivity index (χ0n) is 18.7. The Bertz CT molecular complexity index is 1090. The molecule has 32 heavy (non-hydrogen) atoms. The number of nitrogens with zero attached hydrogens (tertiary/aromatic N) is 3. The average Bonchev–Trinajstić information content (AvgIpc) is 3.17. The van der Waals surface area contributed by atoms with Crippen LogP contribution in [0.3, 0.4) is 0 Å². The number of rotatable bonds is 7. The molecule has 0 aliphatic heterocycles. The van der Waals surface area contributed by atoms with Crippen molar-refractivity contribution < 1.29 is 29.6 Å². The maximum Gasteiger partial charge on any atom is 0.416 e. The van der Waals surface area contributed by atoms with Crippen molar-refractivity contribution in [3.05, 3.63) is 42.2 Å². The number of benzene rings is 1. The van der Waals surface area contributed by atoms with Crippen LogP contribution in [-0.4, -0.2) is 44.5 Å². The van der Waals surface area contributed by atoms with E-state index in [0.29, 0.717) is 18.0 Å². The molecule has 0 saturated heterocycles. The summed E-state index contributed by atoms with van der Waals surface area (Å²) in [6.07, 6.45) is 4.02. The first-order valence-corrected chi connectivity index (χ1v) is 10.9. The molecule has 2 heterocycles. The van der Waals surface area contributed by atoms with Crippen LogP contribution in [-0.2, 0) is 0 Å². The highest BCUT2D eigenvalue weighted by atomic mass is 16.5. The van der Waals surface area contributed by atoms with Crippen molar-refractivity contribution in [1.82, 2.24) is 9.78 Å². The molecule has 9 nitrogen and oxygen atoms in total. The third-order valence-electron chi connectivity index (χ3n) is 6.07. The molecule has 1 saturated carbocycles. The van der Waals surface area contributed by atoms with E-state index in [4.69, 9.17) is 14.6 Å². The normalized spacial score (nSPS) is 22.0. The van der Waals surface area contributed by atoms with E-state index < -0.39 is 11.8 Å². The van der Waals surface area contributed by atoms with Gasteiger partial charge in [-0.05, 0) is 51.7 Å². The fourth-order valence-electron chi connectivity index (χ4n) is 4.22. The second-order valence-electron chi connectivity index (χ2n) is 8.53. The molecule has 2 aromatic heterocycles. The van der Waals surface area contributed by atoms with E-state index in [-0.39, 0.29) is 17.6 Å². The molecule has 9 heteroatoms. The van der Waals surface area contributed by atoms with Gasteiger partial charge in [0.25, 0.3) is 5.69 Å². The molecule has 1 aliphatic carbocycles. The molecule has 1 aromatic carbocycles. The SMILES string of the molecule is CCOc1cc2nn(C3CCC(C)(O)CC3)cc2cc1NC(O)c1cccc(OC)[n+]1O. The number of pyridine rings is 1. The van der Waals surface area contributed by atoms with Crippen LogP contribution in [0.15, 0.2) is 36.5 Å². The summed E-state index contributed by atoms with van der Waals surface area (Å²) in [5, 5.41) is 40.0. The number of aromatic nitrogens is 3. The summed E-state index contributed by atoms with van der Waals surface area (Å²) in [7, 11) is 1.44. The molecular weight excluding hydrogens is 412 g/mol. The van der Waals surface area contributed by atoms with Crippen LogP contribution in [0.2, 0.25) is 0 Å². The number of anilines is 1. The van der Waals surface area contributed by atoms with Crippen molar-refractivity contribution >= 4 is 16.6 Å². The zero-order valence-corrected chi connectivity index (χ0v) is 18.7. The van der Waals surface area contributed by atoms with E-state index in [0.717, 1.165) is 41.3 Å². The Morgan fingerprint density at radius 2 is 2.06 bits per heavy atom. The molecule has 0 radical (unpaired) electrons. The van der Waals surface area contributed by atoms with Gasteiger partial charge in [0.2, 0.25) is 6.23 Å². The highest BCUT2D eigenvalue weighted by molar-refractivity contribution is 5.85. The summed E-state index contributed by atoms with van der Waals surface area (Å²) >= 11 is 0. The predicted octanol–water partition coefficient (Wildman–Crippen LogP) is 2.94. The van der Waals surface area contributed by atoms with Gasteiger partial charge in [0, 0.05) is 23.7 Å². The van der Waals surface area contributed by atoms with Crippen LogP contribution in [0.5, 0.6) is 11.6 Å². The standard InChI is InChI=1S/C23H31N4O5/c1-4-32-20-13-17-15(14-26(25-17)16-8-10-23(2,29)11-9-16)12-18(20)24-22(28)19-6-5-7-21(31-3)27(19)30/h5-7,12-14,16,22,24,28-30H,4,8-11H2,1-3H3/q+1. The molecule has 0 spiro atoms. The molecule has 1 fully saturated rings. The van der Waals surface area contributed by atoms with Gasteiger partial charge in [-0.15, -0.1) is 0 Å². The van der Waals surface area contributed by atoms with Gasteiger partial charge in [0.15, 0.2) is 0 Å². The van der Waals surface area contributed by atoms with Gasteiger partial charge in [-0.25, -0.2) is 0 Å². The lowest BCUT2D eigenvalue weighted by atomic mass is 9.84. The van der Waals surface area contributed by atoms with Gasteiger partial charge in [-0.2, -0.15) is 5.10 Å². The summed E-state index contributed by atoms with van der Waals surface area (Å²) < 4.78 is 13.7. The van der Waals surface area contributed by atoms with Crippen molar-refractivity contribution in [1.29, 1.82) is 0 Å². The van der Waals surface area contributed by atoms with Crippen molar-refractivity contribution in [2.45, 2.75) is 57.4 Å². The molecule has 3 aromatic rings. The average molecular weight is 444 g/mol. The first kappa shape index (κ1) is 22.2. The minimum Gasteiger partial charge on any atom is -0.492 e. The summed E-state index contributed by atoms with van der Waals surface area (Å²) in [6, 6.07) is 8.84. The maximum absolute atomic E-state index is 10.8. The molecule has 1 atom stereocenters. The molecule has 0 amide bonds. The molecular formula is C23H31N4O5+. The monoisotopic (exact) mass is 443 g/mol. The number of hydrogen-bond acceptors (Lipinski definition) is 7. The highest BCUT2D eigenvalue weighted by Crippen LogP contribution is 2.37. The van der Waals surface area contributed by atoms with Gasteiger partial charge in [0.05, 0.1) is 47.4 Å². The smallest absolute Gasteiger partial charge is 0.416 e. The summed E-state index contributed by atoms with van der Waals surface area (Å²) in [5.41, 5.74) is 1.00. The van der Waals surface area contributed by atoms with E-state index >= 15 is 0 Å². The first-order valence-electron chi connectivity index (χ1n) is 10.9. The minimum atomic E-state index is -1.21. The lowest BCUT2D eigenvalue weighted by Gasteiger charge is -2.33. The van der Waals surface area contributed by atoms with Gasteiger partial charge in [-0.1, -0.05) is 0 Å². The summed E-state index contributed by atoms with van der Waals surface area (Å²) in [4.78, 5) is 0. The Morgan fingerprint density at radius 1 is 1.31 bits per heavy atom. The topological polar surface area (TPSA) is 113 Å². The van der Waals surface area contributed by atoms with E-state index in [2.05, 4.69) is 5.32 Å². The number of fused-ring (bicyclic) bond motifs is 1. The molecule has 1 aliphatic rings. The zero-order chi connectivity index (χ0) is 22.9. The molecule has 0 bridgehead atoms. The van der Waals surface area contributed by atoms with Crippen LogP contribution in [0.1, 0.15) is 57.5 Å². The second kappa shape index (κ2) is 8.84. The van der Waals surface area contributed by atoms with E-state index in [1.54, 1.807) is 18.2 Å². The second-order valence-corrected chi connectivity index (χ2v) is 8.53. The number of aliphatic hydroxyl groups excluding tert-OH is 1. The van der Waals surface area contributed by atoms with Crippen LogP contribution >= 0.6 is 0 Å². The molecule has 4 N–H and O–H groups in total. The van der Waals surface area contributed by atoms with Crippen LogP contribution < -0.4 is 19.5 Å². The maximum atomic E-state index is 10.8. The Kier molecular flexibility index (Phi) is 6.12. The van der Waals surface area contributed by atoms with Gasteiger partial charge < -0.3 is 25.0 Å². The molecule has 1 unspecified atom stereocenters. The van der Waals surface area contributed by atoms with Crippen LogP contribution in [0.25, 0.3) is 10.9 Å². The van der Waals surface area contributed by atoms with Gasteiger partial charge in [0.1, 0.15) is 5.75 Å². The van der Waals surface area contributed by atoms with Crippen molar-refractivity contribution in [3.63, 3.8) is 0 Å². The number of aliphatic hydroxyl groups is 2. The van der Waals surface area contributed by atoms with E-state index in [1.807, 2.05) is 36.9 Å². The van der Waals surface area contributed by atoms with Crippen molar-refractivity contribution in [2.75, 3.05) is 19.0 Å². The fourth-order valence-corrected chi connectivity index (χ4v) is 4.22. The minimum absolute atomic E-state index is 0.205. The molecule has 4 rings (SSSR count). The number of nitrogens with one attached hydrogen (secondary N) is 1. The summed E-state index contributed by atoms with van der Waals surface area (Å²) in [5.74, 6) is 0.764. The van der Waals surface area contributed by atoms with Gasteiger partial charge in [-0.3, -0.25) is 9.89 Å².